The van der Waals surface area contributed by atoms with Gasteiger partial charge in [-0.2, -0.15) is 0 Å². The van der Waals surface area contributed by atoms with Crippen LogP contribution < -0.4 is 10.1 Å². The SMILES string of the molecule is COc1cccc2sc(NC(=O)C3CCCN(C(=O)c4ccc(F)cc4)C3)nc12. The van der Waals surface area contributed by atoms with E-state index in [1.54, 1.807) is 12.0 Å². The van der Waals surface area contributed by atoms with Crippen molar-refractivity contribution in [2.24, 2.45) is 5.92 Å². The third-order valence-corrected chi connectivity index (χ3v) is 5.94. The summed E-state index contributed by atoms with van der Waals surface area (Å²) in [7, 11) is 1.58. The van der Waals surface area contributed by atoms with E-state index in [0.29, 0.717) is 41.5 Å². The van der Waals surface area contributed by atoms with Gasteiger partial charge in [0.1, 0.15) is 17.1 Å². The smallest absolute Gasteiger partial charge is 0.253 e. The molecular formula is C21H20FN3O3S. The summed E-state index contributed by atoms with van der Waals surface area (Å²) in [6.07, 6.45) is 1.44. The fourth-order valence-corrected chi connectivity index (χ4v) is 4.39. The number of thiazole rings is 1. The van der Waals surface area contributed by atoms with Crippen LogP contribution in [0.1, 0.15) is 23.2 Å². The number of nitrogens with zero attached hydrogens (tertiary/aromatic N) is 2. The zero-order chi connectivity index (χ0) is 20.4. The molecule has 0 spiro atoms. The number of hydrogen-bond acceptors (Lipinski definition) is 5. The predicted molar refractivity (Wildman–Crippen MR) is 110 cm³/mol. The number of piperidine rings is 1. The molecule has 3 aromatic rings. The molecule has 1 fully saturated rings. The number of hydrogen-bond donors (Lipinski definition) is 1. The van der Waals surface area contributed by atoms with Crippen molar-refractivity contribution in [3.05, 3.63) is 53.8 Å². The van der Waals surface area contributed by atoms with Crippen molar-refractivity contribution in [3.8, 4) is 5.75 Å². The number of fused-ring (bicyclic) bond motifs is 1. The molecule has 2 amide bonds. The topological polar surface area (TPSA) is 71.5 Å². The molecule has 2 heterocycles. The van der Waals surface area contributed by atoms with Crippen molar-refractivity contribution in [2.75, 3.05) is 25.5 Å². The average Bonchev–Trinajstić information content (AvgIpc) is 3.16. The Kier molecular flexibility index (Phi) is 5.44. The molecule has 1 atom stereocenters. The van der Waals surface area contributed by atoms with Crippen LogP contribution in [0.4, 0.5) is 9.52 Å². The lowest BCUT2D eigenvalue weighted by Gasteiger charge is -2.32. The molecule has 6 nitrogen and oxygen atoms in total. The number of para-hydroxylation sites is 1. The van der Waals surface area contributed by atoms with Gasteiger partial charge in [-0.1, -0.05) is 17.4 Å². The number of methoxy groups -OCH3 is 1. The lowest BCUT2D eigenvalue weighted by Crippen LogP contribution is -2.43. The summed E-state index contributed by atoms with van der Waals surface area (Å²) in [5, 5.41) is 3.40. The second kappa shape index (κ2) is 8.16. The summed E-state index contributed by atoms with van der Waals surface area (Å²) < 4.78 is 19.3. The molecule has 0 bridgehead atoms. The van der Waals surface area contributed by atoms with Crippen molar-refractivity contribution in [1.29, 1.82) is 0 Å². The van der Waals surface area contributed by atoms with Gasteiger partial charge in [-0.05, 0) is 49.2 Å². The van der Waals surface area contributed by atoms with E-state index in [1.165, 1.54) is 35.6 Å². The molecular weight excluding hydrogens is 393 g/mol. The lowest BCUT2D eigenvalue weighted by molar-refractivity contribution is -0.121. The Morgan fingerprint density at radius 1 is 1.24 bits per heavy atom. The maximum absolute atomic E-state index is 13.1. The van der Waals surface area contributed by atoms with Crippen LogP contribution in [0.15, 0.2) is 42.5 Å². The van der Waals surface area contributed by atoms with Gasteiger partial charge in [0.05, 0.1) is 17.7 Å². The predicted octanol–water partition coefficient (Wildman–Crippen LogP) is 3.93. The third-order valence-electron chi connectivity index (χ3n) is 5.00. The minimum Gasteiger partial charge on any atom is -0.494 e. The van der Waals surface area contributed by atoms with E-state index in [0.717, 1.165) is 11.1 Å². The van der Waals surface area contributed by atoms with Crippen LogP contribution in [0, 0.1) is 11.7 Å². The van der Waals surface area contributed by atoms with Gasteiger partial charge in [0, 0.05) is 18.7 Å². The summed E-state index contributed by atoms with van der Waals surface area (Å²) in [4.78, 5) is 31.6. The molecule has 1 aromatic heterocycles. The summed E-state index contributed by atoms with van der Waals surface area (Å²) in [5.74, 6) is -0.383. The van der Waals surface area contributed by atoms with E-state index >= 15 is 0 Å². The Hall–Kier alpha value is -3.00. The van der Waals surface area contributed by atoms with Crippen molar-refractivity contribution < 1.29 is 18.7 Å². The molecule has 1 unspecified atom stereocenters. The molecule has 1 aliphatic heterocycles. The van der Waals surface area contributed by atoms with Crippen molar-refractivity contribution in [1.82, 2.24) is 9.88 Å². The summed E-state index contributed by atoms with van der Waals surface area (Å²) in [6.45, 7) is 0.911. The standard InChI is InChI=1S/C21H20FN3O3S/c1-28-16-5-2-6-17-18(16)23-21(29-17)24-19(26)14-4-3-11-25(12-14)20(27)13-7-9-15(22)10-8-13/h2,5-10,14H,3-4,11-12H2,1H3,(H,23,24,26). The maximum atomic E-state index is 13.1. The number of aromatic nitrogens is 1. The van der Waals surface area contributed by atoms with Gasteiger partial charge < -0.3 is 15.0 Å². The Bertz CT molecular complexity index is 1050. The summed E-state index contributed by atoms with van der Waals surface area (Å²) >= 11 is 1.39. The molecule has 0 radical (unpaired) electrons. The monoisotopic (exact) mass is 413 g/mol. The van der Waals surface area contributed by atoms with Crippen molar-refractivity contribution >= 4 is 38.5 Å². The number of carbonyl (C=O) groups excluding carboxylic acids is 2. The molecule has 4 rings (SSSR count). The lowest BCUT2D eigenvalue weighted by atomic mass is 9.96. The largest absolute Gasteiger partial charge is 0.494 e. The Morgan fingerprint density at radius 3 is 2.79 bits per heavy atom. The number of likely N-dealkylation sites (tertiary alicyclic amines) is 1. The first kappa shape index (κ1) is 19.3. The van der Waals surface area contributed by atoms with E-state index in [2.05, 4.69) is 10.3 Å². The number of benzene rings is 2. The fourth-order valence-electron chi connectivity index (χ4n) is 3.50. The highest BCUT2D eigenvalue weighted by Crippen LogP contribution is 2.32. The van der Waals surface area contributed by atoms with E-state index in [-0.39, 0.29) is 23.5 Å². The quantitative estimate of drug-likeness (QED) is 0.703. The Balaban J connectivity index is 1.45. The molecule has 0 aliphatic carbocycles. The van der Waals surface area contributed by atoms with E-state index in [9.17, 15) is 14.0 Å². The number of ether oxygens (including phenoxy) is 1. The first-order valence-electron chi connectivity index (χ1n) is 9.34. The van der Waals surface area contributed by atoms with Crippen LogP contribution in [0.2, 0.25) is 0 Å². The van der Waals surface area contributed by atoms with Crippen LogP contribution in [0.5, 0.6) is 5.75 Å². The highest BCUT2D eigenvalue weighted by atomic mass is 32.1. The third kappa shape index (κ3) is 4.07. The van der Waals surface area contributed by atoms with E-state index in [1.807, 2.05) is 18.2 Å². The molecule has 29 heavy (non-hydrogen) atoms. The maximum Gasteiger partial charge on any atom is 0.253 e. The molecule has 1 aliphatic rings. The van der Waals surface area contributed by atoms with Crippen LogP contribution >= 0.6 is 11.3 Å². The number of nitrogens with one attached hydrogen (secondary N) is 1. The van der Waals surface area contributed by atoms with E-state index < -0.39 is 0 Å². The second-order valence-electron chi connectivity index (χ2n) is 6.91. The van der Waals surface area contributed by atoms with Gasteiger partial charge in [0.25, 0.3) is 5.91 Å². The van der Waals surface area contributed by atoms with Crippen LogP contribution in [-0.2, 0) is 4.79 Å². The fraction of sp³-hybridized carbons (Fsp3) is 0.286. The van der Waals surface area contributed by atoms with Gasteiger partial charge in [-0.15, -0.1) is 0 Å². The first-order valence-corrected chi connectivity index (χ1v) is 10.2. The van der Waals surface area contributed by atoms with Crippen LogP contribution in [-0.4, -0.2) is 41.9 Å². The molecule has 150 valence electrons. The summed E-state index contributed by atoms with van der Waals surface area (Å²) in [5.41, 5.74) is 1.14. The summed E-state index contributed by atoms with van der Waals surface area (Å²) in [6, 6.07) is 11.1. The first-order chi connectivity index (χ1) is 14.0. The molecule has 1 saturated heterocycles. The van der Waals surface area contributed by atoms with Gasteiger partial charge >= 0.3 is 0 Å². The molecule has 1 N–H and O–H groups in total. The number of rotatable bonds is 4. The van der Waals surface area contributed by atoms with Crippen LogP contribution in [0.25, 0.3) is 10.2 Å². The Labute approximate surface area is 171 Å². The highest BCUT2D eigenvalue weighted by Gasteiger charge is 2.29. The minimum atomic E-state index is -0.384. The van der Waals surface area contributed by atoms with Crippen LogP contribution in [0.3, 0.4) is 0 Å². The number of anilines is 1. The Morgan fingerprint density at radius 2 is 2.03 bits per heavy atom. The number of carbonyl (C=O) groups is 2. The molecule has 2 aromatic carbocycles. The molecule has 0 saturated carbocycles. The zero-order valence-electron chi connectivity index (χ0n) is 15.9. The molecule has 8 heteroatoms. The highest BCUT2D eigenvalue weighted by molar-refractivity contribution is 7.22. The van der Waals surface area contributed by atoms with Gasteiger partial charge in [0.2, 0.25) is 5.91 Å². The second-order valence-corrected chi connectivity index (χ2v) is 7.94. The van der Waals surface area contributed by atoms with Crippen molar-refractivity contribution in [3.63, 3.8) is 0 Å². The van der Waals surface area contributed by atoms with E-state index in [4.69, 9.17) is 4.74 Å². The van der Waals surface area contributed by atoms with Crippen molar-refractivity contribution in [2.45, 2.75) is 12.8 Å². The zero-order valence-corrected chi connectivity index (χ0v) is 16.7. The normalized spacial score (nSPS) is 16.6. The van der Waals surface area contributed by atoms with Gasteiger partial charge in [-0.3, -0.25) is 9.59 Å². The number of amides is 2. The average molecular weight is 413 g/mol. The van der Waals surface area contributed by atoms with Gasteiger partial charge in [-0.25, -0.2) is 9.37 Å². The van der Waals surface area contributed by atoms with Gasteiger partial charge in [0.15, 0.2) is 5.13 Å². The minimum absolute atomic E-state index is 0.153. The number of halogens is 1.